The van der Waals surface area contributed by atoms with E-state index in [4.69, 9.17) is 0 Å². The third-order valence-corrected chi connectivity index (χ3v) is 3.80. The maximum absolute atomic E-state index is 12.2. The molecule has 0 aromatic carbocycles. The first kappa shape index (κ1) is 13.3. The molecule has 0 radical (unpaired) electrons. The van der Waals surface area contributed by atoms with Gasteiger partial charge in [0.15, 0.2) is 0 Å². The van der Waals surface area contributed by atoms with Crippen molar-refractivity contribution in [1.82, 2.24) is 9.88 Å². The zero-order valence-corrected chi connectivity index (χ0v) is 10.7. The Labute approximate surface area is 110 Å². The lowest BCUT2D eigenvalue weighted by atomic mass is 9.84. The zero-order valence-electron chi connectivity index (χ0n) is 10.7. The van der Waals surface area contributed by atoms with Crippen molar-refractivity contribution in [3.8, 4) is 0 Å². The number of rotatable bonds is 3. The number of aromatic nitrogens is 1. The third kappa shape index (κ3) is 2.38. The Kier molecular flexibility index (Phi) is 3.42. The second kappa shape index (κ2) is 4.87. The summed E-state index contributed by atoms with van der Waals surface area (Å²) in [4.78, 5) is 38.4. The monoisotopic (exact) mass is 264 g/mol. The summed E-state index contributed by atoms with van der Waals surface area (Å²) in [6.07, 6.45) is 2.32. The van der Waals surface area contributed by atoms with Gasteiger partial charge in [-0.1, -0.05) is 6.92 Å². The van der Waals surface area contributed by atoms with E-state index in [1.165, 1.54) is 23.2 Å². The molecule has 102 valence electrons. The second-order valence-corrected chi connectivity index (χ2v) is 4.86. The molecule has 6 heteroatoms. The molecule has 1 atom stereocenters. The van der Waals surface area contributed by atoms with Crippen molar-refractivity contribution < 1.29 is 14.7 Å². The molecule has 1 fully saturated rings. The summed E-state index contributed by atoms with van der Waals surface area (Å²) in [5.74, 6) is -1.10. The Bertz CT molecular complexity index is 546. The molecule has 1 aliphatic heterocycles. The number of likely N-dealkylation sites (tertiary alicyclic amines) is 1. The van der Waals surface area contributed by atoms with Gasteiger partial charge in [0.2, 0.25) is 5.56 Å². The van der Waals surface area contributed by atoms with Gasteiger partial charge in [-0.3, -0.25) is 14.4 Å². The van der Waals surface area contributed by atoms with Gasteiger partial charge in [0, 0.05) is 25.4 Å². The van der Waals surface area contributed by atoms with Crippen LogP contribution in [0.4, 0.5) is 0 Å². The number of aliphatic carboxylic acids is 1. The number of nitrogens with zero attached hydrogens (tertiary/aromatic N) is 1. The van der Waals surface area contributed by atoms with Crippen molar-refractivity contribution >= 4 is 11.9 Å². The van der Waals surface area contributed by atoms with Crippen molar-refractivity contribution in [2.24, 2.45) is 5.41 Å². The molecule has 0 spiro atoms. The van der Waals surface area contributed by atoms with Crippen LogP contribution in [-0.2, 0) is 4.79 Å². The molecule has 1 aromatic rings. The van der Waals surface area contributed by atoms with Gasteiger partial charge in [0.05, 0.1) is 11.0 Å². The fourth-order valence-corrected chi connectivity index (χ4v) is 2.39. The fourth-order valence-electron chi connectivity index (χ4n) is 2.39. The Morgan fingerprint density at radius 3 is 2.68 bits per heavy atom. The molecule has 6 nitrogen and oxygen atoms in total. The predicted molar refractivity (Wildman–Crippen MR) is 67.9 cm³/mol. The van der Waals surface area contributed by atoms with Gasteiger partial charge in [0.1, 0.15) is 0 Å². The third-order valence-electron chi connectivity index (χ3n) is 3.80. The summed E-state index contributed by atoms with van der Waals surface area (Å²) in [5.41, 5.74) is -0.735. The number of hydrogen-bond donors (Lipinski definition) is 2. The molecule has 1 aliphatic rings. The quantitative estimate of drug-likeness (QED) is 0.840. The number of carboxylic acids is 1. The summed E-state index contributed by atoms with van der Waals surface area (Å²) in [5, 5.41) is 9.28. The fraction of sp³-hybridized carbons (Fsp3) is 0.462. The predicted octanol–water partition coefficient (Wildman–Crippen LogP) is 0.702. The van der Waals surface area contributed by atoms with E-state index in [0.717, 1.165) is 0 Å². The lowest BCUT2D eigenvalue weighted by molar-refractivity contribution is -0.148. The Balaban J connectivity index is 2.17. The highest BCUT2D eigenvalue weighted by molar-refractivity contribution is 5.94. The largest absolute Gasteiger partial charge is 0.481 e. The van der Waals surface area contributed by atoms with Crippen LogP contribution in [-0.4, -0.2) is 40.0 Å². The smallest absolute Gasteiger partial charge is 0.311 e. The van der Waals surface area contributed by atoms with Gasteiger partial charge in [-0.05, 0) is 18.9 Å². The SMILES string of the molecule is CCC1(C(=O)O)CCN(C(=O)c2ccc(=O)[nH]c2)C1. The standard InChI is InChI=1S/C13H16N2O4/c1-2-13(12(18)19)5-6-15(8-13)11(17)9-3-4-10(16)14-7-9/h3-4,7H,2,5-6,8H2,1H3,(H,14,16)(H,18,19). The van der Waals surface area contributed by atoms with E-state index >= 15 is 0 Å². The Morgan fingerprint density at radius 1 is 1.47 bits per heavy atom. The molecule has 0 aliphatic carbocycles. The van der Waals surface area contributed by atoms with Gasteiger partial charge in [-0.2, -0.15) is 0 Å². The minimum atomic E-state index is -0.855. The minimum Gasteiger partial charge on any atom is -0.481 e. The van der Waals surface area contributed by atoms with Crippen LogP contribution in [0.25, 0.3) is 0 Å². The van der Waals surface area contributed by atoms with E-state index in [2.05, 4.69) is 4.98 Å². The molecule has 2 rings (SSSR count). The average molecular weight is 264 g/mol. The second-order valence-electron chi connectivity index (χ2n) is 4.86. The summed E-state index contributed by atoms with van der Waals surface area (Å²) in [7, 11) is 0. The minimum absolute atomic E-state index is 0.219. The molecule has 0 bridgehead atoms. The van der Waals surface area contributed by atoms with Crippen molar-refractivity contribution in [2.45, 2.75) is 19.8 Å². The number of aromatic amines is 1. The Morgan fingerprint density at radius 2 is 2.21 bits per heavy atom. The maximum Gasteiger partial charge on any atom is 0.311 e. The number of hydrogen-bond acceptors (Lipinski definition) is 3. The zero-order chi connectivity index (χ0) is 14.0. The summed E-state index contributed by atoms with van der Waals surface area (Å²) >= 11 is 0. The first-order valence-electron chi connectivity index (χ1n) is 6.20. The molecule has 2 heterocycles. The molecule has 1 amide bonds. The van der Waals surface area contributed by atoms with E-state index in [0.29, 0.717) is 24.9 Å². The van der Waals surface area contributed by atoms with Crippen LogP contribution in [0.5, 0.6) is 0 Å². The molecule has 19 heavy (non-hydrogen) atoms. The van der Waals surface area contributed by atoms with E-state index in [-0.39, 0.29) is 18.0 Å². The van der Waals surface area contributed by atoms with Gasteiger partial charge in [-0.15, -0.1) is 0 Å². The summed E-state index contributed by atoms with van der Waals surface area (Å²) in [6, 6.07) is 2.74. The number of nitrogens with one attached hydrogen (secondary N) is 1. The number of carboxylic acid groups (broad SMARTS) is 1. The van der Waals surface area contributed by atoms with Gasteiger partial charge >= 0.3 is 5.97 Å². The normalized spacial score (nSPS) is 22.5. The highest BCUT2D eigenvalue weighted by Gasteiger charge is 2.44. The highest BCUT2D eigenvalue weighted by atomic mass is 16.4. The van der Waals surface area contributed by atoms with Crippen LogP contribution in [0.2, 0.25) is 0 Å². The average Bonchev–Trinajstić information content (AvgIpc) is 2.84. The highest BCUT2D eigenvalue weighted by Crippen LogP contribution is 2.34. The van der Waals surface area contributed by atoms with Gasteiger partial charge < -0.3 is 15.0 Å². The molecular formula is C13H16N2O4. The topological polar surface area (TPSA) is 90.5 Å². The number of carbonyl (C=O) groups excluding carboxylic acids is 1. The lowest BCUT2D eigenvalue weighted by Gasteiger charge is -2.23. The van der Waals surface area contributed by atoms with E-state index < -0.39 is 11.4 Å². The van der Waals surface area contributed by atoms with E-state index in [1.807, 2.05) is 6.92 Å². The first-order valence-corrected chi connectivity index (χ1v) is 6.20. The van der Waals surface area contributed by atoms with Crippen molar-refractivity contribution in [2.75, 3.05) is 13.1 Å². The van der Waals surface area contributed by atoms with Crippen LogP contribution in [0.15, 0.2) is 23.1 Å². The lowest BCUT2D eigenvalue weighted by Crippen LogP contribution is -2.36. The molecule has 1 saturated heterocycles. The van der Waals surface area contributed by atoms with Gasteiger partial charge in [0.25, 0.3) is 5.91 Å². The Hall–Kier alpha value is -2.11. The molecular weight excluding hydrogens is 248 g/mol. The molecule has 0 saturated carbocycles. The summed E-state index contributed by atoms with van der Waals surface area (Å²) < 4.78 is 0. The summed E-state index contributed by atoms with van der Waals surface area (Å²) in [6.45, 7) is 2.47. The number of H-pyrrole nitrogens is 1. The molecule has 1 aromatic heterocycles. The first-order chi connectivity index (χ1) is 8.98. The van der Waals surface area contributed by atoms with Crippen molar-refractivity contribution in [3.63, 3.8) is 0 Å². The van der Waals surface area contributed by atoms with E-state index in [9.17, 15) is 19.5 Å². The molecule has 2 N–H and O–H groups in total. The van der Waals surface area contributed by atoms with Gasteiger partial charge in [-0.25, -0.2) is 0 Å². The van der Waals surface area contributed by atoms with Crippen LogP contribution >= 0.6 is 0 Å². The van der Waals surface area contributed by atoms with Crippen LogP contribution in [0, 0.1) is 5.41 Å². The van der Waals surface area contributed by atoms with Crippen LogP contribution in [0.1, 0.15) is 30.1 Å². The van der Waals surface area contributed by atoms with E-state index in [1.54, 1.807) is 0 Å². The number of pyridine rings is 1. The van der Waals surface area contributed by atoms with Crippen molar-refractivity contribution in [3.05, 3.63) is 34.2 Å². The molecule has 1 unspecified atom stereocenters. The van der Waals surface area contributed by atoms with Crippen LogP contribution in [0.3, 0.4) is 0 Å². The maximum atomic E-state index is 12.2. The number of carbonyl (C=O) groups is 2. The van der Waals surface area contributed by atoms with Crippen LogP contribution < -0.4 is 5.56 Å². The number of amides is 1. The van der Waals surface area contributed by atoms with Crippen molar-refractivity contribution in [1.29, 1.82) is 0 Å².